The summed E-state index contributed by atoms with van der Waals surface area (Å²) in [6, 6.07) is 11.8. The highest BCUT2D eigenvalue weighted by atomic mass is 35.5. The first-order chi connectivity index (χ1) is 14.3. The van der Waals surface area contributed by atoms with Gasteiger partial charge in [-0.2, -0.15) is 0 Å². The molecule has 0 radical (unpaired) electrons. The molecule has 2 aromatic carbocycles. The first kappa shape index (κ1) is 21.0. The molecule has 160 valence electrons. The summed E-state index contributed by atoms with van der Waals surface area (Å²) in [5.41, 5.74) is 1.59. The molecule has 4 rings (SSSR count). The van der Waals surface area contributed by atoms with E-state index in [1.807, 2.05) is 23.1 Å². The van der Waals surface area contributed by atoms with Gasteiger partial charge in [0.1, 0.15) is 0 Å². The Bertz CT molecular complexity index is 1060. The van der Waals surface area contributed by atoms with Gasteiger partial charge in [-0.25, -0.2) is 8.42 Å². The van der Waals surface area contributed by atoms with Crippen molar-refractivity contribution in [1.29, 1.82) is 0 Å². The zero-order valence-corrected chi connectivity index (χ0v) is 18.3. The Morgan fingerprint density at radius 3 is 2.33 bits per heavy atom. The number of benzene rings is 2. The summed E-state index contributed by atoms with van der Waals surface area (Å²) in [7, 11) is -0.122. The Kier molecular flexibility index (Phi) is 5.65. The minimum atomic E-state index is -3.26. The molecule has 1 amide bonds. The average Bonchev–Trinajstić information content (AvgIpc) is 3.04. The van der Waals surface area contributed by atoms with Crippen LogP contribution in [0.25, 0.3) is 0 Å². The number of methoxy groups -OCH3 is 2. The number of nitrogens with zero attached hydrogens (tertiary/aromatic N) is 2. The van der Waals surface area contributed by atoms with E-state index >= 15 is 0 Å². The number of carbonyl (C=O) groups excluding carboxylic acids is 1. The molecule has 0 N–H and O–H groups in total. The monoisotopic (exact) mass is 450 g/mol. The lowest BCUT2D eigenvalue weighted by atomic mass is 10.0. The van der Waals surface area contributed by atoms with E-state index in [2.05, 4.69) is 0 Å². The number of hydrogen-bond donors (Lipinski definition) is 0. The third kappa shape index (κ3) is 3.99. The van der Waals surface area contributed by atoms with Gasteiger partial charge in [-0.05, 0) is 42.0 Å². The van der Waals surface area contributed by atoms with Crippen molar-refractivity contribution in [2.24, 2.45) is 0 Å². The first-order valence-electron chi connectivity index (χ1n) is 9.54. The smallest absolute Gasteiger partial charge is 0.241 e. The van der Waals surface area contributed by atoms with Crippen molar-refractivity contribution in [1.82, 2.24) is 4.90 Å². The molecule has 2 atom stereocenters. The topological polar surface area (TPSA) is 76.2 Å². The second kappa shape index (κ2) is 8.09. The molecule has 9 heteroatoms. The molecule has 2 aromatic rings. The van der Waals surface area contributed by atoms with Crippen LogP contribution in [0.5, 0.6) is 11.5 Å². The van der Waals surface area contributed by atoms with Crippen molar-refractivity contribution in [3.63, 3.8) is 0 Å². The zero-order chi connectivity index (χ0) is 21.5. The molecule has 2 saturated heterocycles. The van der Waals surface area contributed by atoms with E-state index in [4.69, 9.17) is 21.1 Å². The van der Waals surface area contributed by atoms with E-state index in [0.717, 1.165) is 5.56 Å². The number of anilines is 1. The molecule has 0 aromatic heterocycles. The lowest BCUT2D eigenvalue weighted by Crippen LogP contribution is -2.61. The Balaban J connectivity index is 1.64. The first-order valence-corrected chi connectivity index (χ1v) is 11.7. The van der Waals surface area contributed by atoms with Gasteiger partial charge in [-0.1, -0.05) is 17.7 Å². The van der Waals surface area contributed by atoms with Crippen LogP contribution in [0.2, 0.25) is 5.02 Å². The van der Waals surface area contributed by atoms with E-state index in [-0.39, 0.29) is 30.0 Å². The number of piperazine rings is 1. The molecule has 2 heterocycles. The average molecular weight is 451 g/mol. The SMILES string of the molecule is COc1ccc(CN2CC(=O)N(c3ccc(Cl)cc3)C3CS(=O)(=O)CC32)cc1OC. The fourth-order valence-corrected chi connectivity index (χ4v) is 6.39. The molecule has 7 nitrogen and oxygen atoms in total. The number of hydrogen-bond acceptors (Lipinski definition) is 6. The summed E-state index contributed by atoms with van der Waals surface area (Å²) in [4.78, 5) is 16.6. The number of rotatable bonds is 5. The number of sulfone groups is 1. The number of ether oxygens (including phenoxy) is 2. The van der Waals surface area contributed by atoms with E-state index < -0.39 is 15.9 Å². The van der Waals surface area contributed by atoms with Crippen LogP contribution in [0.3, 0.4) is 0 Å². The molecule has 30 heavy (non-hydrogen) atoms. The third-order valence-electron chi connectivity index (χ3n) is 5.64. The van der Waals surface area contributed by atoms with Crippen LogP contribution in [0.1, 0.15) is 5.56 Å². The highest BCUT2D eigenvalue weighted by Gasteiger charge is 2.49. The van der Waals surface area contributed by atoms with Crippen molar-refractivity contribution >= 4 is 33.0 Å². The summed E-state index contributed by atoms with van der Waals surface area (Å²) in [6.07, 6.45) is 0. The van der Waals surface area contributed by atoms with Crippen LogP contribution >= 0.6 is 11.6 Å². The number of halogens is 1. The van der Waals surface area contributed by atoms with E-state index in [1.165, 1.54) is 0 Å². The van der Waals surface area contributed by atoms with Crippen LogP contribution in [0, 0.1) is 0 Å². The summed E-state index contributed by atoms with van der Waals surface area (Å²) >= 11 is 5.98. The van der Waals surface area contributed by atoms with Crippen LogP contribution in [-0.2, 0) is 21.2 Å². The van der Waals surface area contributed by atoms with Crippen molar-refractivity contribution in [3.8, 4) is 11.5 Å². The molecule has 0 spiro atoms. The Labute approximate surface area is 181 Å². The highest BCUT2D eigenvalue weighted by Crippen LogP contribution is 2.34. The van der Waals surface area contributed by atoms with Crippen molar-refractivity contribution in [2.75, 3.05) is 37.2 Å². The maximum Gasteiger partial charge on any atom is 0.241 e. The van der Waals surface area contributed by atoms with Crippen LogP contribution in [-0.4, -0.2) is 63.6 Å². The van der Waals surface area contributed by atoms with Gasteiger partial charge < -0.3 is 14.4 Å². The third-order valence-corrected chi connectivity index (χ3v) is 7.59. The molecule has 2 fully saturated rings. The number of amides is 1. The largest absolute Gasteiger partial charge is 0.493 e. The molecule has 2 aliphatic heterocycles. The van der Waals surface area contributed by atoms with Crippen molar-refractivity contribution < 1.29 is 22.7 Å². The van der Waals surface area contributed by atoms with Gasteiger partial charge in [-0.15, -0.1) is 0 Å². The van der Waals surface area contributed by atoms with Crippen LogP contribution in [0.4, 0.5) is 5.69 Å². The lowest BCUT2D eigenvalue weighted by molar-refractivity contribution is -0.123. The maximum atomic E-state index is 13.1. The van der Waals surface area contributed by atoms with Crippen LogP contribution < -0.4 is 14.4 Å². The Morgan fingerprint density at radius 1 is 1.00 bits per heavy atom. The van der Waals surface area contributed by atoms with Gasteiger partial charge in [-0.3, -0.25) is 9.69 Å². The Hall–Kier alpha value is -2.29. The highest BCUT2D eigenvalue weighted by molar-refractivity contribution is 7.91. The molecule has 0 bridgehead atoms. The second-order valence-corrected chi connectivity index (χ2v) is 10.1. The maximum absolute atomic E-state index is 13.1. The van der Waals surface area contributed by atoms with Gasteiger partial charge in [0, 0.05) is 23.3 Å². The normalized spacial score (nSPS) is 23.3. The number of carbonyl (C=O) groups is 1. The van der Waals surface area contributed by atoms with Crippen molar-refractivity contribution in [3.05, 3.63) is 53.1 Å². The van der Waals surface area contributed by atoms with E-state index in [9.17, 15) is 13.2 Å². The van der Waals surface area contributed by atoms with Crippen LogP contribution in [0.15, 0.2) is 42.5 Å². The van der Waals surface area contributed by atoms with E-state index in [1.54, 1.807) is 43.4 Å². The predicted octanol–water partition coefficient (Wildman–Crippen LogP) is 2.37. The fourth-order valence-electron chi connectivity index (χ4n) is 4.28. The molecular weight excluding hydrogens is 428 g/mol. The van der Waals surface area contributed by atoms with Crippen molar-refractivity contribution in [2.45, 2.75) is 18.6 Å². The quantitative estimate of drug-likeness (QED) is 0.696. The zero-order valence-electron chi connectivity index (χ0n) is 16.7. The summed E-state index contributed by atoms with van der Waals surface area (Å²) < 4.78 is 35.6. The fraction of sp³-hybridized carbons (Fsp3) is 0.381. The van der Waals surface area contributed by atoms with E-state index in [0.29, 0.717) is 28.8 Å². The summed E-state index contributed by atoms with van der Waals surface area (Å²) in [6.45, 7) is 0.574. The Morgan fingerprint density at radius 2 is 1.67 bits per heavy atom. The number of fused-ring (bicyclic) bond motifs is 1. The molecule has 2 aliphatic rings. The summed E-state index contributed by atoms with van der Waals surface area (Å²) in [5.74, 6) is 1.07. The van der Waals surface area contributed by atoms with Gasteiger partial charge in [0.25, 0.3) is 0 Å². The van der Waals surface area contributed by atoms with Gasteiger partial charge >= 0.3 is 0 Å². The van der Waals surface area contributed by atoms with Gasteiger partial charge in [0.2, 0.25) is 5.91 Å². The van der Waals surface area contributed by atoms with Gasteiger partial charge in [0.05, 0.1) is 38.3 Å². The predicted molar refractivity (Wildman–Crippen MR) is 115 cm³/mol. The molecule has 0 saturated carbocycles. The second-order valence-electron chi connectivity index (χ2n) is 7.55. The minimum absolute atomic E-state index is 0.0301. The lowest BCUT2D eigenvalue weighted by Gasteiger charge is -2.43. The molecular formula is C21H23ClN2O5S. The molecule has 2 unspecified atom stereocenters. The minimum Gasteiger partial charge on any atom is -0.493 e. The molecule has 0 aliphatic carbocycles. The van der Waals surface area contributed by atoms with Gasteiger partial charge in [0.15, 0.2) is 21.3 Å². The summed E-state index contributed by atoms with van der Waals surface area (Å²) in [5, 5.41) is 0.564. The standard InChI is InChI=1S/C21H23ClN2O5S/c1-28-19-8-3-14(9-20(19)29-2)10-23-11-21(25)24(16-6-4-15(22)5-7-16)18-13-30(26,27)12-17(18)23/h3-9,17-18H,10-13H2,1-2H3.